The van der Waals surface area contributed by atoms with Gasteiger partial charge in [0.25, 0.3) is 0 Å². The normalized spacial score (nSPS) is 9.83. The number of hydrogen-bond acceptors (Lipinski definition) is 1. The van der Waals surface area contributed by atoms with Crippen LogP contribution in [0, 0.1) is 0 Å². The Morgan fingerprint density at radius 3 is 2.00 bits per heavy atom. The standard InChI is InChI=1S/CHCl3N2/c2-5-1-6(3)4/h1H. The van der Waals surface area contributed by atoms with Crippen molar-refractivity contribution in [2.45, 2.75) is 0 Å². The van der Waals surface area contributed by atoms with Crippen LogP contribution in [0.1, 0.15) is 0 Å². The van der Waals surface area contributed by atoms with Gasteiger partial charge >= 0.3 is 0 Å². The van der Waals surface area contributed by atoms with E-state index < -0.39 is 0 Å². The lowest BCUT2D eigenvalue weighted by Crippen LogP contribution is -1.87. The summed E-state index contributed by atoms with van der Waals surface area (Å²) >= 11 is 14.6. The van der Waals surface area contributed by atoms with Gasteiger partial charge in [0.15, 0.2) is 0 Å². The third-order valence-electron chi connectivity index (χ3n) is 0.131. The summed E-state index contributed by atoms with van der Waals surface area (Å²) in [7, 11) is 0. The van der Waals surface area contributed by atoms with Crippen molar-refractivity contribution in [3.63, 3.8) is 0 Å². The number of halogens is 3. The Kier molecular flexibility index (Phi) is 3.73. The van der Waals surface area contributed by atoms with E-state index in [1.807, 2.05) is 0 Å². The molecule has 0 spiro atoms. The molecule has 0 fully saturated rings. The average molecular weight is 147 g/mol. The highest BCUT2D eigenvalue weighted by Crippen LogP contribution is 1.92. The molecule has 0 amide bonds. The van der Waals surface area contributed by atoms with Gasteiger partial charge in [-0.15, -0.1) is 0 Å². The summed E-state index contributed by atoms with van der Waals surface area (Å²) < 4.78 is 3.65. The van der Waals surface area contributed by atoms with Gasteiger partial charge in [-0.05, 0) is 0 Å². The van der Waals surface area contributed by atoms with Crippen LogP contribution in [0.2, 0.25) is 0 Å². The molecule has 0 aliphatic heterocycles. The molecule has 6 heavy (non-hydrogen) atoms. The smallest absolute Gasteiger partial charge is 0.137 e. The van der Waals surface area contributed by atoms with E-state index in [4.69, 9.17) is 35.3 Å². The Bertz CT molecular complexity index is 50.8. The average Bonchev–Trinajstić information content (AvgIpc) is 1.35. The molecule has 0 aliphatic rings. The topological polar surface area (TPSA) is 15.6 Å². The van der Waals surface area contributed by atoms with Crippen molar-refractivity contribution in [2.75, 3.05) is 0 Å². The molecular formula is CHCl3N2. The van der Waals surface area contributed by atoms with Crippen molar-refractivity contribution in [1.82, 2.24) is 3.94 Å². The third kappa shape index (κ3) is 4.34. The Balaban J connectivity index is 3.03. The molecule has 0 aliphatic carbocycles. The van der Waals surface area contributed by atoms with Gasteiger partial charge in [0, 0.05) is 35.3 Å². The highest BCUT2D eigenvalue weighted by Gasteiger charge is 1.77. The minimum atomic E-state index is 0.701. The molecule has 0 bridgehead atoms. The molecule has 36 valence electrons. The van der Waals surface area contributed by atoms with E-state index >= 15 is 0 Å². The summed E-state index contributed by atoms with van der Waals surface area (Å²) in [6.07, 6.45) is 1.05. The quantitative estimate of drug-likeness (QED) is 0.314. The van der Waals surface area contributed by atoms with E-state index in [0.29, 0.717) is 3.94 Å². The number of nitrogens with zero attached hydrogens (tertiary/aromatic N) is 2. The van der Waals surface area contributed by atoms with Crippen molar-refractivity contribution in [3.05, 3.63) is 0 Å². The molecule has 0 atom stereocenters. The zero-order valence-corrected chi connectivity index (χ0v) is 4.87. The lowest BCUT2D eigenvalue weighted by atomic mass is 11.4. The molecule has 0 radical (unpaired) electrons. The second-order valence-corrected chi connectivity index (χ2v) is 1.57. The largest absolute Gasteiger partial charge is 0.181 e. The van der Waals surface area contributed by atoms with E-state index in [1.54, 1.807) is 0 Å². The fourth-order valence-corrected chi connectivity index (χ4v) is 0.297. The van der Waals surface area contributed by atoms with E-state index in [9.17, 15) is 0 Å². The SMILES string of the molecule is ClN=CN(Cl)Cl. The first-order valence-electron chi connectivity index (χ1n) is 1.02. The Labute approximate surface area is 50.6 Å². The number of rotatable bonds is 1. The van der Waals surface area contributed by atoms with Crippen LogP contribution in [-0.2, 0) is 0 Å². The Hall–Kier alpha value is 0.340. The van der Waals surface area contributed by atoms with Crippen molar-refractivity contribution in [2.24, 2.45) is 4.51 Å². The summed E-state index contributed by atoms with van der Waals surface area (Å²) in [5, 5.41) is 0. The molecule has 0 aromatic heterocycles. The highest BCUT2D eigenvalue weighted by molar-refractivity contribution is 6.40. The molecule has 0 saturated heterocycles. The van der Waals surface area contributed by atoms with Crippen LogP contribution in [0.15, 0.2) is 4.51 Å². The van der Waals surface area contributed by atoms with E-state index in [-0.39, 0.29) is 0 Å². The predicted molar refractivity (Wildman–Crippen MR) is 27.9 cm³/mol. The van der Waals surface area contributed by atoms with Gasteiger partial charge in [-0.2, -0.15) is 8.45 Å². The van der Waals surface area contributed by atoms with Crippen molar-refractivity contribution < 1.29 is 0 Å². The second-order valence-electron chi connectivity index (χ2n) is 0.472. The van der Waals surface area contributed by atoms with E-state index in [0.717, 1.165) is 6.34 Å². The monoisotopic (exact) mass is 146 g/mol. The predicted octanol–water partition coefficient (Wildman–Crippen LogP) is 1.78. The molecule has 0 saturated carbocycles. The van der Waals surface area contributed by atoms with Gasteiger partial charge in [0.05, 0.1) is 0 Å². The fourth-order valence-electron chi connectivity index (χ4n) is 0.0330. The fraction of sp³-hybridized carbons (Fsp3) is 0. The maximum atomic E-state index is 4.94. The summed E-state index contributed by atoms with van der Waals surface area (Å²) in [6, 6.07) is 0. The second kappa shape index (κ2) is 3.53. The van der Waals surface area contributed by atoms with Crippen LogP contribution >= 0.6 is 35.3 Å². The van der Waals surface area contributed by atoms with Crippen LogP contribution in [-0.4, -0.2) is 10.3 Å². The zero-order chi connectivity index (χ0) is 4.99. The first-order chi connectivity index (χ1) is 2.77. The molecule has 0 aromatic rings. The summed E-state index contributed by atoms with van der Waals surface area (Å²) in [6.45, 7) is 0. The van der Waals surface area contributed by atoms with Gasteiger partial charge in [-0.1, -0.05) is 0 Å². The van der Waals surface area contributed by atoms with Crippen LogP contribution < -0.4 is 0 Å². The van der Waals surface area contributed by atoms with E-state index in [1.165, 1.54) is 0 Å². The van der Waals surface area contributed by atoms with Gasteiger partial charge in [0.1, 0.15) is 6.34 Å². The van der Waals surface area contributed by atoms with Crippen molar-refractivity contribution in [1.29, 1.82) is 0 Å². The molecule has 5 heteroatoms. The maximum Gasteiger partial charge on any atom is 0.137 e. The molecule has 0 N–H and O–H groups in total. The van der Waals surface area contributed by atoms with Gasteiger partial charge < -0.3 is 0 Å². The van der Waals surface area contributed by atoms with Crippen LogP contribution in [0.5, 0.6) is 0 Å². The van der Waals surface area contributed by atoms with Gasteiger partial charge in [0.2, 0.25) is 0 Å². The Morgan fingerprint density at radius 1 is 1.50 bits per heavy atom. The lowest BCUT2D eigenvalue weighted by Gasteiger charge is -1.87. The van der Waals surface area contributed by atoms with Crippen LogP contribution in [0.4, 0.5) is 0 Å². The number of hydrogen-bond donors (Lipinski definition) is 0. The lowest BCUT2D eigenvalue weighted by molar-refractivity contribution is 1.12. The van der Waals surface area contributed by atoms with E-state index in [2.05, 4.69) is 4.51 Å². The van der Waals surface area contributed by atoms with Gasteiger partial charge in [-0.3, -0.25) is 0 Å². The zero-order valence-electron chi connectivity index (χ0n) is 2.61. The molecule has 0 aromatic carbocycles. The minimum Gasteiger partial charge on any atom is -0.181 e. The first kappa shape index (κ1) is 6.34. The summed E-state index contributed by atoms with van der Waals surface area (Å²) in [5.74, 6) is 0. The maximum absolute atomic E-state index is 4.94. The molecule has 0 heterocycles. The summed E-state index contributed by atoms with van der Waals surface area (Å²) in [4.78, 5) is 0. The van der Waals surface area contributed by atoms with Gasteiger partial charge in [-0.25, -0.2) is 0 Å². The first-order valence-corrected chi connectivity index (χ1v) is 2.04. The minimum absolute atomic E-state index is 0.701. The van der Waals surface area contributed by atoms with Crippen LogP contribution in [0.25, 0.3) is 0 Å². The highest BCUT2D eigenvalue weighted by atomic mass is 35.5. The molecule has 0 rings (SSSR count). The van der Waals surface area contributed by atoms with Crippen molar-refractivity contribution >= 4 is 41.7 Å². The molecule has 2 nitrogen and oxygen atoms in total. The van der Waals surface area contributed by atoms with Crippen molar-refractivity contribution in [3.8, 4) is 0 Å². The third-order valence-corrected chi connectivity index (χ3v) is 0.393. The molecular weight excluding hydrogens is 146 g/mol. The Morgan fingerprint density at radius 2 is 2.00 bits per heavy atom. The summed E-state index contributed by atoms with van der Waals surface area (Å²) in [5.41, 5.74) is 0. The molecule has 0 unspecified atom stereocenters. The van der Waals surface area contributed by atoms with Crippen LogP contribution in [0.3, 0.4) is 0 Å².